The molecule has 4 rings (SSSR count). The Labute approximate surface area is 266 Å². The summed E-state index contributed by atoms with van der Waals surface area (Å²) in [7, 11) is 2.99. The van der Waals surface area contributed by atoms with Crippen molar-refractivity contribution in [2.45, 2.75) is 78.2 Å². The lowest BCUT2D eigenvalue weighted by Crippen LogP contribution is -2.52. The molecule has 1 aliphatic carbocycles. The van der Waals surface area contributed by atoms with Crippen LogP contribution in [0.25, 0.3) is 0 Å². The van der Waals surface area contributed by atoms with Gasteiger partial charge in [-0.05, 0) is 62.6 Å². The Morgan fingerprint density at radius 3 is 2.09 bits per heavy atom. The molecular formula is C35H47N3O7. The first-order valence-electron chi connectivity index (χ1n) is 15.7. The van der Waals surface area contributed by atoms with Crippen LogP contribution in [0.1, 0.15) is 69.6 Å². The van der Waals surface area contributed by atoms with Gasteiger partial charge < -0.3 is 28.9 Å². The number of ether oxygens (including phenoxy) is 3. The lowest BCUT2D eigenvalue weighted by molar-refractivity contribution is -0.154. The first kappa shape index (κ1) is 33.8. The number of carbonyl (C=O) groups excluding carboxylic acids is 4. The van der Waals surface area contributed by atoms with Crippen molar-refractivity contribution in [2.75, 3.05) is 33.8 Å². The van der Waals surface area contributed by atoms with Gasteiger partial charge >= 0.3 is 18.2 Å². The van der Waals surface area contributed by atoms with Gasteiger partial charge in [0.25, 0.3) is 0 Å². The highest BCUT2D eigenvalue weighted by atomic mass is 16.6. The molecule has 0 radical (unpaired) electrons. The molecule has 0 unspecified atom stereocenters. The zero-order valence-corrected chi connectivity index (χ0v) is 27.3. The Hall–Kier alpha value is -4.08. The van der Waals surface area contributed by atoms with Gasteiger partial charge in [-0.1, -0.05) is 67.4 Å². The monoisotopic (exact) mass is 621 g/mol. The van der Waals surface area contributed by atoms with Crippen LogP contribution in [-0.4, -0.2) is 78.2 Å². The summed E-state index contributed by atoms with van der Waals surface area (Å²) in [5.41, 5.74) is 1.26. The van der Waals surface area contributed by atoms with E-state index in [0.717, 1.165) is 36.0 Å². The van der Waals surface area contributed by atoms with Crippen molar-refractivity contribution >= 4 is 24.1 Å². The Balaban J connectivity index is 1.49. The lowest BCUT2D eigenvalue weighted by atomic mass is 9.73. The van der Waals surface area contributed by atoms with Gasteiger partial charge in [0.15, 0.2) is 0 Å². The predicted molar refractivity (Wildman–Crippen MR) is 169 cm³/mol. The zero-order valence-electron chi connectivity index (χ0n) is 27.3. The highest BCUT2D eigenvalue weighted by Gasteiger charge is 2.48. The van der Waals surface area contributed by atoms with E-state index in [4.69, 9.17) is 14.2 Å². The quantitative estimate of drug-likeness (QED) is 0.232. The normalized spacial score (nSPS) is 16.0. The third kappa shape index (κ3) is 9.70. The maximum Gasteiger partial charge on any atom is 0.410 e. The molecule has 2 fully saturated rings. The topological polar surface area (TPSA) is 106 Å². The van der Waals surface area contributed by atoms with Crippen LogP contribution >= 0.6 is 0 Å². The van der Waals surface area contributed by atoms with Crippen molar-refractivity contribution in [3.05, 3.63) is 71.3 Å². The Bertz CT molecular complexity index is 1330. The third-order valence-corrected chi connectivity index (χ3v) is 8.44. The highest BCUT2D eigenvalue weighted by molar-refractivity contribution is 5.87. The fourth-order valence-corrected chi connectivity index (χ4v) is 5.79. The Morgan fingerprint density at radius 2 is 1.51 bits per heavy atom. The number of esters is 1. The second-order valence-electron chi connectivity index (χ2n) is 13.3. The minimum absolute atomic E-state index is 0.104. The molecular weight excluding hydrogens is 574 g/mol. The van der Waals surface area contributed by atoms with E-state index >= 15 is 0 Å². The van der Waals surface area contributed by atoms with Crippen molar-refractivity contribution < 1.29 is 33.4 Å². The summed E-state index contributed by atoms with van der Waals surface area (Å²) in [6.07, 6.45) is 3.02. The van der Waals surface area contributed by atoms with Crippen LogP contribution in [0.3, 0.4) is 0 Å². The van der Waals surface area contributed by atoms with E-state index in [2.05, 4.69) is 0 Å². The fourth-order valence-electron chi connectivity index (χ4n) is 5.79. The number of piperidine rings is 1. The number of hydrogen-bond donors (Lipinski definition) is 0. The van der Waals surface area contributed by atoms with Crippen molar-refractivity contribution in [2.24, 2.45) is 11.3 Å². The summed E-state index contributed by atoms with van der Waals surface area (Å²) in [5, 5.41) is 0. The molecule has 0 bridgehead atoms. The molecule has 45 heavy (non-hydrogen) atoms. The molecule has 1 heterocycles. The van der Waals surface area contributed by atoms with E-state index in [1.54, 1.807) is 16.8 Å². The molecule has 10 heteroatoms. The van der Waals surface area contributed by atoms with Crippen molar-refractivity contribution in [3.8, 4) is 0 Å². The maximum absolute atomic E-state index is 14.5. The summed E-state index contributed by atoms with van der Waals surface area (Å²) < 4.78 is 16.1. The number of amides is 3. The third-order valence-electron chi connectivity index (χ3n) is 8.44. The molecule has 0 aromatic heterocycles. The van der Waals surface area contributed by atoms with Crippen molar-refractivity contribution in [3.63, 3.8) is 0 Å². The van der Waals surface area contributed by atoms with Crippen LogP contribution in [-0.2, 0) is 43.5 Å². The van der Waals surface area contributed by atoms with Crippen LogP contribution in [0.2, 0.25) is 0 Å². The first-order valence-corrected chi connectivity index (χ1v) is 15.7. The van der Waals surface area contributed by atoms with Gasteiger partial charge in [0.05, 0.1) is 12.5 Å². The average molecular weight is 622 g/mol. The summed E-state index contributed by atoms with van der Waals surface area (Å²) in [6, 6.07) is 17.1. The molecule has 244 valence electrons. The number of nitrogens with zero attached hydrogens (tertiary/aromatic N) is 3. The van der Waals surface area contributed by atoms with Crippen LogP contribution in [0.4, 0.5) is 9.59 Å². The molecule has 0 atom stereocenters. The molecule has 3 amide bonds. The van der Waals surface area contributed by atoms with E-state index in [0.29, 0.717) is 31.8 Å². The summed E-state index contributed by atoms with van der Waals surface area (Å²) in [5.74, 6) is -0.150. The summed E-state index contributed by atoms with van der Waals surface area (Å²) in [6.45, 7) is 6.71. The largest absolute Gasteiger partial charge is 0.468 e. The number of methoxy groups -OCH3 is 1. The molecule has 0 spiro atoms. The average Bonchev–Trinajstić information content (AvgIpc) is 3.83. The zero-order chi connectivity index (χ0) is 32.6. The molecule has 2 aromatic carbocycles. The van der Waals surface area contributed by atoms with Crippen LogP contribution in [0.15, 0.2) is 54.6 Å². The van der Waals surface area contributed by atoms with Gasteiger partial charge in [0.1, 0.15) is 18.8 Å². The highest BCUT2D eigenvalue weighted by Crippen LogP contribution is 2.47. The molecule has 1 saturated carbocycles. The Kier molecular flexibility index (Phi) is 11.1. The second-order valence-corrected chi connectivity index (χ2v) is 13.3. The van der Waals surface area contributed by atoms with Gasteiger partial charge in [-0.25, -0.2) is 9.59 Å². The molecule has 1 aliphatic heterocycles. The van der Waals surface area contributed by atoms with Crippen LogP contribution in [0.5, 0.6) is 0 Å². The van der Waals surface area contributed by atoms with Gasteiger partial charge in [0, 0.05) is 33.2 Å². The lowest BCUT2D eigenvalue weighted by Gasteiger charge is -2.43. The van der Waals surface area contributed by atoms with Gasteiger partial charge in [-0.2, -0.15) is 0 Å². The van der Waals surface area contributed by atoms with Crippen molar-refractivity contribution in [1.29, 1.82) is 0 Å². The fraction of sp³-hybridized carbons (Fsp3) is 0.543. The van der Waals surface area contributed by atoms with Crippen molar-refractivity contribution in [1.82, 2.24) is 14.7 Å². The smallest absolute Gasteiger partial charge is 0.410 e. The SMILES string of the molecule is COC(=O)CN(Cc1ccccc1CN(C)C(=O)OC(C)(C)C)C(=O)C1(CC2CC2)CCN(C(=O)OCc2ccccc2)CC1. The predicted octanol–water partition coefficient (Wildman–Crippen LogP) is 5.77. The standard InChI is InChI=1S/C35H47N3O7/c1-34(2,3)45-32(41)36(4)22-28-13-9-10-14-29(28)23-38(24-30(39)43-5)31(40)35(21-26-15-16-26)17-19-37(20-18-35)33(42)44-25-27-11-7-6-8-12-27/h6-14,26H,15-25H2,1-5H3. The van der Waals surface area contributed by atoms with Crippen LogP contribution < -0.4 is 0 Å². The van der Waals surface area contributed by atoms with E-state index in [1.807, 2.05) is 75.4 Å². The Morgan fingerprint density at radius 1 is 0.911 bits per heavy atom. The molecule has 10 nitrogen and oxygen atoms in total. The van der Waals surface area contributed by atoms with Gasteiger partial charge in [-0.15, -0.1) is 0 Å². The first-order chi connectivity index (χ1) is 21.4. The molecule has 1 saturated heterocycles. The second kappa shape index (κ2) is 14.8. The number of likely N-dealkylation sites (tertiary alicyclic amines) is 1. The number of benzene rings is 2. The maximum atomic E-state index is 14.5. The van der Waals surface area contributed by atoms with Gasteiger partial charge in [0.2, 0.25) is 5.91 Å². The van der Waals surface area contributed by atoms with Gasteiger partial charge in [-0.3, -0.25) is 9.59 Å². The number of carbonyl (C=O) groups is 4. The molecule has 2 aromatic rings. The summed E-state index contributed by atoms with van der Waals surface area (Å²) >= 11 is 0. The number of hydrogen-bond acceptors (Lipinski definition) is 7. The summed E-state index contributed by atoms with van der Waals surface area (Å²) in [4.78, 5) is 57.5. The van der Waals surface area contributed by atoms with E-state index < -0.39 is 23.1 Å². The molecule has 2 aliphatic rings. The number of rotatable bonds is 11. The molecule has 0 N–H and O–H groups in total. The van der Waals surface area contributed by atoms with E-state index in [-0.39, 0.29) is 38.2 Å². The van der Waals surface area contributed by atoms with Crippen LogP contribution in [0, 0.1) is 11.3 Å². The van der Waals surface area contributed by atoms with E-state index in [9.17, 15) is 19.2 Å². The minimum Gasteiger partial charge on any atom is -0.468 e. The van der Waals surface area contributed by atoms with E-state index in [1.165, 1.54) is 12.0 Å². The minimum atomic E-state index is -0.701.